The van der Waals surface area contributed by atoms with Crippen molar-refractivity contribution in [2.45, 2.75) is 13.5 Å². The molecule has 16 heavy (non-hydrogen) atoms. The van der Waals surface area contributed by atoms with Crippen LogP contribution in [0.25, 0.3) is 0 Å². The highest BCUT2D eigenvalue weighted by Gasteiger charge is 2.08. The lowest BCUT2D eigenvalue weighted by Crippen LogP contribution is -2.23. The summed E-state index contributed by atoms with van der Waals surface area (Å²) in [6.45, 7) is 2.27. The van der Waals surface area contributed by atoms with Crippen molar-refractivity contribution >= 4 is 5.91 Å². The Kier molecular flexibility index (Phi) is 3.00. The topological polar surface area (TPSA) is 55.1 Å². The lowest BCUT2D eigenvalue weighted by molar-refractivity contribution is 0.0947. The van der Waals surface area contributed by atoms with Gasteiger partial charge in [-0.25, -0.2) is 0 Å². The van der Waals surface area contributed by atoms with E-state index in [4.69, 9.17) is 4.42 Å². The number of amides is 1. The highest BCUT2D eigenvalue weighted by atomic mass is 16.3. The first-order chi connectivity index (χ1) is 7.77. The van der Waals surface area contributed by atoms with Gasteiger partial charge in [-0.3, -0.25) is 9.78 Å². The third-order valence-corrected chi connectivity index (χ3v) is 2.29. The predicted octanol–water partition coefficient (Wildman–Crippen LogP) is 1.91. The highest BCUT2D eigenvalue weighted by Crippen LogP contribution is 2.05. The summed E-state index contributed by atoms with van der Waals surface area (Å²) in [5.41, 5.74) is 1.50. The van der Waals surface area contributed by atoms with Gasteiger partial charge in [0.05, 0.1) is 18.4 Å². The minimum Gasteiger partial charge on any atom is -0.467 e. The van der Waals surface area contributed by atoms with E-state index in [1.807, 2.05) is 19.1 Å². The summed E-state index contributed by atoms with van der Waals surface area (Å²) >= 11 is 0. The molecular weight excluding hydrogens is 204 g/mol. The first-order valence-corrected chi connectivity index (χ1v) is 4.98. The van der Waals surface area contributed by atoms with Gasteiger partial charge in [0, 0.05) is 12.4 Å². The number of aromatic nitrogens is 1. The molecule has 0 aliphatic carbocycles. The van der Waals surface area contributed by atoms with Crippen LogP contribution in [0.15, 0.2) is 41.3 Å². The Bertz CT molecular complexity index is 478. The van der Waals surface area contributed by atoms with Gasteiger partial charge in [0.1, 0.15) is 5.76 Å². The summed E-state index contributed by atoms with van der Waals surface area (Å²) in [6.07, 6.45) is 4.81. The Morgan fingerprint density at radius 1 is 1.50 bits per heavy atom. The molecule has 0 fully saturated rings. The fourth-order valence-electron chi connectivity index (χ4n) is 1.38. The molecule has 2 aromatic heterocycles. The van der Waals surface area contributed by atoms with Gasteiger partial charge in [-0.1, -0.05) is 0 Å². The van der Waals surface area contributed by atoms with Crippen molar-refractivity contribution in [2.75, 3.05) is 0 Å². The summed E-state index contributed by atoms with van der Waals surface area (Å²) in [5.74, 6) is 0.594. The maximum Gasteiger partial charge on any atom is 0.253 e. The smallest absolute Gasteiger partial charge is 0.253 e. The second-order valence-corrected chi connectivity index (χ2v) is 3.45. The summed E-state index contributed by atoms with van der Waals surface area (Å²) in [5, 5.41) is 2.77. The lowest BCUT2D eigenvalue weighted by Gasteiger charge is -2.05. The quantitative estimate of drug-likeness (QED) is 0.852. The summed E-state index contributed by atoms with van der Waals surface area (Å²) in [4.78, 5) is 15.7. The molecule has 0 saturated heterocycles. The van der Waals surface area contributed by atoms with E-state index >= 15 is 0 Å². The van der Waals surface area contributed by atoms with Crippen molar-refractivity contribution in [2.24, 2.45) is 0 Å². The Balaban J connectivity index is 2.01. The largest absolute Gasteiger partial charge is 0.467 e. The normalized spacial score (nSPS) is 10.1. The van der Waals surface area contributed by atoms with Crippen LogP contribution in [-0.2, 0) is 6.54 Å². The van der Waals surface area contributed by atoms with Gasteiger partial charge in [0.15, 0.2) is 0 Å². The molecule has 1 N–H and O–H groups in total. The molecule has 0 bridgehead atoms. The number of hydrogen-bond donors (Lipinski definition) is 1. The van der Waals surface area contributed by atoms with Crippen LogP contribution in [0.3, 0.4) is 0 Å². The molecule has 4 heteroatoms. The van der Waals surface area contributed by atoms with E-state index in [2.05, 4.69) is 10.3 Å². The minimum absolute atomic E-state index is 0.137. The van der Waals surface area contributed by atoms with Crippen LogP contribution < -0.4 is 5.32 Å². The SMILES string of the molecule is Cc1ccncc1C(=O)NCc1ccco1. The molecule has 2 rings (SSSR count). The van der Waals surface area contributed by atoms with Crippen LogP contribution in [0, 0.1) is 6.92 Å². The first-order valence-electron chi connectivity index (χ1n) is 4.98. The zero-order valence-corrected chi connectivity index (χ0v) is 8.93. The number of carbonyl (C=O) groups is 1. The highest BCUT2D eigenvalue weighted by molar-refractivity contribution is 5.95. The van der Waals surface area contributed by atoms with Crippen LogP contribution in [0.5, 0.6) is 0 Å². The number of furan rings is 1. The van der Waals surface area contributed by atoms with Crippen LogP contribution in [0.4, 0.5) is 0 Å². The molecule has 2 heterocycles. The van der Waals surface area contributed by atoms with Gasteiger partial charge in [-0.15, -0.1) is 0 Å². The number of nitrogens with one attached hydrogen (secondary N) is 1. The molecule has 0 spiro atoms. The van der Waals surface area contributed by atoms with Crippen molar-refractivity contribution in [1.29, 1.82) is 0 Å². The van der Waals surface area contributed by atoms with Crippen molar-refractivity contribution in [1.82, 2.24) is 10.3 Å². The van der Waals surface area contributed by atoms with E-state index in [1.54, 1.807) is 24.7 Å². The maximum atomic E-state index is 11.8. The molecule has 1 amide bonds. The van der Waals surface area contributed by atoms with E-state index in [0.29, 0.717) is 12.1 Å². The number of rotatable bonds is 3. The Morgan fingerprint density at radius 2 is 2.38 bits per heavy atom. The lowest BCUT2D eigenvalue weighted by atomic mass is 10.1. The van der Waals surface area contributed by atoms with Crippen molar-refractivity contribution in [3.8, 4) is 0 Å². The predicted molar refractivity (Wildman–Crippen MR) is 58.9 cm³/mol. The second-order valence-electron chi connectivity index (χ2n) is 3.45. The van der Waals surface area contributed by atoms with Gasteiger partial charge in [0.25, 0.3) is 5.91 Å². The molecule has 0 saturated carbocycles. The molecular formula is C12H12N2O2. The second kappa shape index (κ2) is 4.61. The Labute approximate surface area is 93.3 Å². The number of carbonyl (C=O) groups excluding carboxylic acids is 1. The fourth-order valence-corrected chi connectivity index (χ4v) is 1.38. The minimum atomic E-state index is -0.137. The number of nitrogens with zero attached hydrogens (tertiary/aromatic N) is 1. The summed E-state index contributed by atoms with van der Waals surface area (Å²) < 4.78 is 5.12. The van der Waals surface area contributed by atoms with Crippen LogP contribution in [0.2, 0.25) is 0 Å². The number of aryl methyl sites for hydroxylation is 1. The van der Waals surface area contributed by atoms with Crippen LogP contribution in [0.1, 0.15) is 21.7 Å². The van der Waals surface area contributed by atoms with E-state index in [-0.39, 0.29) is 5.91 Å². The average Bonchev–Trinajstić information content (AvgIpc) is 2.79. The summed E-state index contributed by atoms with van der Waals surface area (Å²) in [7, 11) is 0. The van der Waals surface area contributed by atoms with Gasteiger partial charge in [-0.05, 0) is 30.7 Å². The van der Waals surface area contributed by atoms with Crippen molar-refractivity contribution in [3.63, 3.8) is 0 Å². The third-order valence-electron chi connectivity index (χ3n) is 2.29. The van der Waals surface area contributed by atoms with Crippen LogP contribution in [-0.4, -0.2) is 10.9 Å². The monoisotopic (exact) mass is 216 g/mol. The molecule has 4 nitrogen and oxygen atoms in total. The van der Waals surface area contributed by atoms with E-state index in [1.165, 1.54) is 0 Å². The van der Waals surface area contributed by atoms with E-state index in [0.717, 1.165) is 11.3 Å². The molecule has 2 aromatic rings. The van der Waals surface area contributed by atoms with E-state index < -0.39 is 0 Å². The molecule has 0 aliphatic heterocycles. The zero-order valence-electron chi connectivity index (χ0n) is 8.93. The van der Waals surface area contributed by atoms with Crippen LogP contribution >= 0.6 is 0 Å². The molecule has 0 radical (unpaired) electrons. The number of hydrogen-bond acceptors (Lipinski definition) is 3. The van der Waals surface area contributed by atoms with Gasteiger partial charge < -0.3 is 9.73 Å². The maximum absolute atomic E-state index is 11.8. The molecule has 0 aliphatic rings. The van der Waals surface area contributed by atoms with Crippen molar-refractivity contribution in [3.05, 3.63) is 53.7 Å². The zero-order chi connectivity index (χ0) is 11.4. The van der Waals surface area contributed by atoms with Gasteiger partial charge in [-0.2, -0.15) is 0 Å². The summed E-state index contributed by atoms with van der Waals surface area (Å²) in [6, 6.07) is 5.41. The molecule has 0 unspecified atom stereocenters. The Morgan fingerprint density at radius 3 is 3.06 bits per heavy atom. The van der Waals surface area contributed by atoms with Gasteiger partial charge in [0.2, 0.25) is 0 Å². The molecule has 82 valence electrons. The van der Waals surface area contributed by atoms with E-state index in [9.17, 15) is 4.79 Å². The standard InChI is InChI=1S/C12H12N2O2/c1-9-4-5-13-8-11(9)12(15)14-7-10-3-2-6-16-10/h2-6,8H,7H2,1H3,(H,14,15). The fraction of sp³-hybridized carbons (Fsp3) is 0.167. The Hall–Kier alpha value is -2.10. The number of pyridine rings is 1. The molecule has 0 aromatic carbocycles. The molecule has 0 atom stereocenters. The average molecular weight is 216 g/mol. The van der Waals surface area contributed by atoms with Crippen molar-refractivity contribution < 1.29 is 9.21 Å². The van der Waals surface area contributed by atoms with Gasteiger partial charge >= 0.3 is 0 Å². The third kappa shape index (κ3) is 2.28. The first kappa shape index (κ1) is 10.4.